The summed E-state index contributed by atoms with van der Waals surface area (Å²) in [5.74, 6) is -2.52. The van der Waals surface area contributed by atoms with E-state index < -0.39 is 17.5 Å². The molecule has 106 valence electrons. The van der Waals surface area contributed by atoms with E-state index in [2.05, 4.69) is 5.32 Å². The molecule has 1 aliphatic rings. The summed E-state index contributed by atoms with van der Waals surface area (Å²) >= 11 is 5.78. The summed E-state index contributed by atoms with van der Waals surface area (Å²) in [7, 11) is 1.64. The predicted molar refractivity (Wildman–Crippen MR) is 72.0 cm³/mol. The molecular formula is C12H14Cl2F2N2O. The van der Waals surface area contributed by atoms with Crippen LogP contribution in [0.25, 0.3) is 0 Å². The number of carbonyl (C=O) groups excluding carboxylic acids is 1. The molecule has 0 saturated carbocycles. The number of carbonyl (C=O) groups is 1. The van der Waals surface area contributed by atoms with Crippen molar-refractivity contribution in [1.29, 1.82) is 0 Å². The van der Waals surface area contributed by atoms with Crippen LogP contribution in [0.5, 0.6) is 0 Å². The maximum absolute atomic E-state index is 13.1. The Hall–Kier alpha value is -0.910. The van der Waals surface area contributed by atoms with Gasteiger partial charge in [-0.1, -0.05) is 11.6 Å². The van der Waals surface area contributed by atoms with E-state index in [0.717, 1.165) is 25.1 Å². The SMILES string of the molecule is CN(C(=O)c1cc(F)c(F)cc1Cl)C1CCNC1.Cl. The van der Waals surface area contributed by atoms with Gasteiger partial charge < -0.3 is 10.2 Å². The van der Waals surface area contributed by atoms with Crippen LogP contribution in [0.4, 0.5) is 8.78 Å². The summed E-state index contributed by atoms with van der Waals surface area (Å²) in [6.45, 7) is 1.54. The summed E-state index contributed by atoms with van der Waals surface area (Å²) in [5.41, 5.74) is -0.00929. The molecule has 0 spiro atoms. The highest BCUT2D eigenvalue weighted by Gasteiger charge is 2.26. The number of likely N-dealkylation sites (N-methyl/N-ethyl adjacent to an activating group) is 1. The smallest absolute Gasteiger partial charge is 0.255 e. The van der Waals surface area contributed by atoms with E-state index in [4.69, 9.17) is 11.6 Å². The first kappa shape index (κ1) is 16.1. The van der Waals surface area contributed by atoms with Gasteiger partial charge in [-0.3, -0.25) is 4.79 Å². The summed E-state index contributed by atoms with van der Waals surface area (Å²) < 4.78 is 26.1. The lowest BCUT2D eigenvalue weighted by Crippen LogP contribution is -2.38. The third-order valence-corrected chi connectivity index (χ3v) is 3.46. The standard InChI is InChI=1S/C12H13ClF2N2O.ClH/c1-17(7-2-3-16-6-7)12(18)8-4-10(14)11(15)5-9(8)13;/h4-5,7,16H,2-3,6H2,1H3;1H. The Morgan fingerprint density at radius 2 is 2.05 bits per heavy atom. The van der Waals surface area contributed by atoms with Crippen LogP contribution in [0.2, 0.25) is 5.02 Å². The number of benzene rings is 1. The first-order valence-electron chi connectivity index (χ1n) is 5.63. The molecule has 1 N–H and O–H groups in total. The number of hydrogen-bond acceptors (Lipinski definition) is 2. The quantitative estimate of drug-likeness (QED) is 0.851. The summed E-state index contributed by atoms with van der Waals surface area (Å²) in [6, 6.07) is 1.73. The Bertz CT molecular complexity index is 479. The van der Waals surface area contributed by atoms with Crippen LogP contribution >= 0.6 is 24.0 Å². The van der Waals surface area contributed by atoms with Gasteiger partial charge >= 0.3 is 0 Å². The van der Waals surface area contributed by atoms with Crippen molar-refractivity contribution < 1.29 is 13.6 Å². The fourth-order valence-electron chi connectivity index (χ4n) is 2.01. The van der Waals surface area contributed by atoms with Gasteiger partial charge in [0.2, 0.25) is 0 Å². The lowest BCUT2D eigenvalue weighted by Gasteiger charge is -2.24. The van der Waals surface area contributed by atoms with Crippen LogP contribution < -0.4 is 5.32 Å². The van der Waals surface area contributed by atoms with Crippen molar-refractivity contribution in [1.82, 2.24) is 10.2 Å². The van der Waals surface area contributed by atoms with E-state index in [1.165, 1.54) is 4.90 Å². The van der Waals surface area contributed by atoms with E-state index in [1.54, 1.807) is 7.05 Å². The molecule has 1 atom stereocenters. The van der Waals surface area contributed by atoms with E-state index in [9.17, 15) is 13.6 Å². The fraction of sp³-hybridized carbons (Fsp3) is 0.417. The summed E-state index contributed by atoms with van der Waals surface area (Å²) in [4.78, 5) is 13.7. The minimum absolute atomic E-state index is 0. The number of amides is 1. The molecule has 1 aliphatic heterocycles. The molecule has 19 heavy (non-hydrogen) atoms. The number of rotatable bonds is 2. The third-order valence-electron chi connectivity index (χ3n) is 3.14. The third kappa shape index (κ3) is 3.35. The number of nitrogens with one attached hydrogen (secondary N) is 1. The first-order valence-corrected chi connectivity index (χ1v) is 6.01. The maximum Gasteiger partial charge on any atom is 0.255 e. The molecule has 1 aromatic carbocycles. The second-order valence-electron chi connectivity index (χ2n) is 4.31. The molecule has 0 aliphatic carbocycles. The molecule has 7 heteroatoms. The number of hydrogen-bond donors (Lipinski definition) is 1. The molecule has 1 saturated heterocycles. The van der Waals surface area contributed by atoms with Crippen LogP contribution in [0.1, 0.15) is 16.8 Å². The molecule has 3 nitrogen and oxygen atoms in total. The molecule has 1 amide bonds. The number of nitrogens with zero attached hydrogens (tertiary/aromatic N) is 1. The zero-order valence-electron chi connectivity index (χ0n) is 10.3. The molecule has 0 aromatic heterocycles. The van der Waals surface area contributed by atoms with Gasteiger partial charge in [0, 0.05) is 19.6 Å². The predicted octanol–water partition coefficient (Wildman–Crippen LogP) is 2.47. The largest absolute Gasteiger partial charge is 0.337 e. The maximum atomic E-state index is 13.1. The van der Waals surface area contributed by atoms with Crippen LogP contribution in [0, 0.1) is 11.6 Å². The molecule has 1 unspecified atom stereocenters. The Labute approximate surface area is 121 Å². The average molecular weight is 311 g/mol. The zero-order chi connectivity index (χ0) is 13.3. The zero-order valence-corrected chi connectivity index (χ0v) is 11.8. The van der Waals surface area contributed by atoms with Gasteiger partial charge in [0.1, 0.15) is 0 Å². The summed E-state index contributed by atoms with van der Waals surface area (Å²) in [6.07, 6.45) is 0.837. The van der Waals surface area contributed by atoms with Gasteiger partial charge in [-0.25, -0.2) is 8.78 Å². The fourth-order valence-corrected chi connectivity index (χ4v) is 2.24. The Morgan fingerprint density at radius 3 is 2.63 bits per heavy atom. The van der Waals surface area contributed by atoms with Gasteiger partial charge in [0.15, 0.2) is 11.6 Å². The van der Waals surface area contributed by atoms with Gasteiger partial charge in [-0.2, -0.15) is 0 Å². The van der Waals surface area contributed by atoms with Crippen molar-refractivity contribution in [2.24, 2.45) is 0 Å². The molecule has 2 rings (SSSR count). The highest BCUT2D eigenvalue weighted by Crippen LogP contribution is 2.22. The van der Waals surface area contributed by atoms with Gasteiger partial charge in [0.05, 0.1) is 10.6 Å². The number of halogens is 4. The van der Waals surface area contributed by atoms with Crippen molar-refractivity contribution in [2.45, 2.75) is 12.5 Å². The van der Waals surface area contributed by atoms with E-state index in [-0.39, 0.29) is 29.0 Å². The molecule has 1 heterocycles. The average Bonchev–Trinajstić information content (AvgIpc) is 2.85. The van der Waals surface area contributed by atoms with Crippen LogP contribution in [-0.2, 0) is 0 Å². The van der Waals surface area contributed by atoms with Gasteiger partial charge in [-0.15, -0.1) is 12.4 Å². The van der Waals surface area contributed by atoms with Crippen molar-refractivity contribution in [2.75, 3.05) is 20.1 Å². The van der Waals surface area contributed by atoms with E-state index >= 15 is 0 Å². The summed E-state index contributed by atoms with van der Waals surface area (Å²) in [5, 5.41) is 3.06. The Kier molecular flexibility index (Phi) is 5.52. The topological polar surface area (TPSA) is 32.3 Å². The van der Waals surface area contributed by atoms with Crippen molar-refractivity contribution >= 4 is 29.9 Å². The lowest BCUT2D eigenvalue weighted by molar-refractivity contribution is 0.0743. The van der Waals surface area contributed by atoms with Crippen molar-refractivity contribution in [3.8, 4) is 0 Å². The van der Waals surface area contributed by atoms with Crippen LogP contribution in [0.3, 0.4) is 0 Å². The highest BCUT2D eigenvalue weighted by atomic mass is 35.5. The monoisotopic (exact) mass is 310 g/mol. The Balaban J connectivity index is 0.00000180. The lowest BCUT2D eigenvalue weighted by atomic mass is 10.1. The minimum atomic E-state index is -1.07. The van der Waals surface area contributed by atoms with Crippen molar-refractivity contribution in [3.05, 3.63) is 34.4 Å². The molecule has 1 fully saturated rings. The van der Waals surface area contributed by atoms with Gasteiger partial charge in [-0.05, 0) is 25.1 Å². The van der Waals surface area contributed by atoms with E-state index in [0.29, 0.717) is 6.54 Å². The highest BCUT2D eigenvalue weighted by molar-refractivity contribution is 6.33. The van der Waals surface area contributed by atoms with Crippen LogP contribution in [-0.4, -0.2) is 37.0 Å². The van der Waals surface area contributed by atoms with Crippen LogP contribution in [0.15, 0.2) is 12.1 Å². The first-order chi connectivity index (χ1) is 8.50. The van der Waals surface area contributed by atoms with Crippen molar-refractivity contribution in [3.63, 3.8) is 0 Å². The molecule has 1 aromatic rings. The van der Waals surface area contributed by atoms with E-state index in [1.807, 2.05) is 0 Å². The second kappa shape index (κ2) is 6.50. The molecule has 0 bridgehead atoms. The molecular weight excluding hydrogens is 297 g/mol. The minimum Gasteiger partial charge on any atom is -0.337 e. The Morgan fingerprint density at radius 1 is 1.42 bits per heavy atom. The second-order valence-corrected chi connectivity index (χ2v) is 4.72. The van der Waals surface area contributed by atoms with Gasteiger partial charge in [0.25, 0.3) is 5.91 Å². The normalized spacial score (nSPS) is 18.0. The molecule has 0 radical (unpaired) electrons.